The number of rotatable bonds is 5. The molecule has 0 aliphatic carbocycles. The Hall–Kier alpha value is -4.34. The molecule has 140 valence electrons. The van der Waals surface area contributed by atoms with Crippen LogP contribution < -0.4 is 0 Å². The number of nitrogens with zero attached hydrogens (tertiary/aromatic N) is 3. The molecule has 0 fully saturated rings. The largest absolute Gasteiger partial charge is 0.502 e. The molecule has 1 aliphatic rings. The maximum atomic E-state index is 11.9. The average molecular weight is 381 g/mol. The lowest BCUT2D eigenvalue weighted by atomic mass is 10.0. The van der Waals surface area contributed by atoms with Crippen LogP contribution >= 0.6 is 0 Å². The van der Waals surface area contributed by atoms with E-state index < -0.39 is 27.3 Å². The van der Waals surface area contributed by atoms with Gasteiger partial charge in [-0.15, -0.1) is 0 Å². The van der Waals surface area contributed by atoms with Crippen LogP contribution in [-0.2, 0) is 9.63 Å². The number of phenolic OH excluding ortho intramolecular Hbond substituents is 1. The Morgan fingerprint density at radius 2 is 1.71 bits per heavy atom. The number of phenols is 1. The van der Waals surface area contributed by atoms with Crippen molar-refractivity contribution in [3.8, 4) is 5.75 Å². The molecule has 0 saturated heterocycles. The molecule has 0 aromatic heterocycles. The summed E-state index contributed by atoms with van der Waals surface area (Å²) in [6.45, 7) is 0. The Morgan fingerprint density at radius 3 is 2.36 bits per heavy atom. The van der Waals surface area contributed by atoms with Gasteiger partial charge in [-0.05, 0) is 29.8 Å². The summed E-state index contributed by atoms with van der Waals surface area (Å²) in [5.41, 5.74) is 0.240. The van der Waals surface area contributed by atoms with E-state index in [1.54, 1.807) is 6.08 Å². The van der Waals surface area contributed by atoms with Crippen molar-refractivity contribution in [1.29, 1.82) is 0 Å². The van der Waals surface area contributed by atoms with Gasteiger partial charge in [0, 0.05) is 23.8 Å². The molecule has 10 heteroatoms. The number of para-hydroxylation sites is 1. The standard InChI is InChI=1S/C18H11N3O7/c22-17-12(2-1-3-16(17)21(26)27)10-14-15(19-28-18(14)23)9-6-11-4-7-13(8-5-11)20(24)25/h1-10,22H/b9-6?,14-10+. The van der Waals surface area contributed by atoms with E-state index in [0.717, 1.165) is 6.07 Å². The summed E-state index contributed by atoms with van der Waals surface area (Å²) in [7, 11) is 0. The maximum Gasteiger partial charge on any atom is 0.368 e. The van der Waals surface area contributed by atoms with Crippen LogP contribution in [0.5, 0.6) is 5.75 Å². The molecule has 1 aliphatic heterocycles. The SMILES string of the molecule is O=C1ON=C(C=Cc2ccc([N+](=O)[O-])cc2)/C1=C\c1cccc([N+](=O)[O-])c1O. The number of hydrogen-bond acceptors (Lipinski definition) is 8. The van der Waals surface area contributed by atoms with E-state index >= 15 is 0 Å². The highest BCUT2D eigenvalue weighted by Crippen LogP contribution is 2.31. The van der Waals surface area contributed by atoms with Crippen LogP contribution in [0.2, 0.25) is 0 Å². The van der Waals surface area contributed by atoms with Gasteiger partial charge in [-0.2, -0.15) is 0 Å². The Labute approximate surface area is 157 Å². The number of nitro groups is 2. The molecular weight excluding hydrogens is 370 g/mol. The number of oxime groups is 1. The highest BCUT2D eigenvalue weighted by Gasteiger charge is 2.25. The molecule has 0 unspecified atom stereocenters. The average Bonchev–Trinajstić information content (AvgIpc) is 3.01. The first-order valence-electron chi connectivity index (χ1n) is 7.77. The summed E-state index contributed by atoms with van der Waals surface area (Å²) in [5, 5.41) is 35.2. The lowest BCUT2D eigenvalue weighted by Crippen LogP contribution is -2.03. The van der Waals surface area contributed by atoms with E-state index in [-0.39, 0.29) is 22.5 Å². The summed E-state index contributed by atoms with van der Waals surface area (Å²) in [5.74, 6) is -1.37. The molecule has 3 rings (SSSR count). The molecule has 0 bridgehead atoms. The van der Waals surface area contributed by atoms with E-state index in [2.05, 4.69) is 9.99 Å². The maximum absolute atomic E-state index is 11.9. The van der Waals surface area contributed by atoms with Crippen LogP contribution in [-0.4, -0.2) is 26.6 Å². The number of carbonyl (C=O) groups excluding carboxylic acids is 1. The van der Waals surface area contributed by atoms with Gasteiger partial charge in [0.2, 0.25) is 5.75 Å². The minimum atomic E-state index is -0.783. The molecule has 1 N–H and O–H groups in total. The van der Waals surface area contributed by atoms with Gasteiger partial charge < -0.3 is 9.94 Å². The van der Waals surface area contributed by atoms with Crippen molar-refractivity contribution in [2.24, 2.45) is 5.16 Å². The lowest BCUT2D eigenvalue weighted by molar-refractivity contribution is -0.385. The summed E-state index contributed by atoms with van der Waals surface area (Å²) >= 11 is 0. The molecule has 2 aromatic carbocycles. The lowest BCUT2D eigenvalue weighted by Gasteiger charge is -2.01. The number of non-ortho nitro benzene ring substituents is 1. The van der Waals surface area contributed by atoms with Crippen molar-refractivity contribution in [3.63, 3.8) is 0 Å². The zero-order chi connectivity index (χ0) is 20.3. The van der Waals surface area contributed by atoms with Crippen LogP contribution in [0, 0.1) is 20.2 Å². The first kappa shape index (κ1) is 18.5. The molecule has 10 nitrogen and oxygen atoms in total. The summed E-state index contributed by atoms with van der Waals surface area (Å²) in [6, 6.07) is 9.59. The fourth-order valence-electron chi connectivity index (χ4n) is 2.40. The predicted octanol–water partition coefficient (Wildman–Crippen LogP) is 3.22. The van der Waals surface area contributed by atoms with E-state index in [1.807, 2.05) is 0 Å². The second-order valence-electron chi connectivity index (χ2n) is 5.57. The summed E-state index contributed by atoms with van der Waals surface area (Å²) in [6.07, 6.45) is 4.24. The van der Waals surface area contributed by atoms with Crippen LogP contribution in [0.15, 0.2) is 59.3 Å². The van der Waals surface area contributed by atoms with E-state index in [1.165, 1.54) is 48.6 Å². The number of allylic oxidation sites excluding steroid dienone is 1. The number of carbonyl (C=O) groups is 1. The van der Waals surface area contributed by atoms with Crippen LogP contribution in [0.1, 0.15) is 11.1 Å². The highest BCUT2D eigenvalue weighted by atomic mass is 16.7. The van der Waals surface area contributed by atoms with Gasteiger partial charge in [0.1, 0.15) is 5.71 Å². The van der Waals surface area contributed by atoms with Crippen molar-refractivity contribution in [1.82, 2.24) is 0 Å². The molecule has 0 radical (unpaired) electrons. The molecule has 0 saturated carbocycles. The Balaban J connectivity index is 1.89. The number of hydrogen-bond donors (Lipinski definition) is 1. The Morgan fingerprint density at radius 1 is 1.00 bits per heavy atom. The topological polar surface area (TPSA) is 145 Å². The third-order valence-electron chi connectivity index (χ3n) is 3.80. The third-order valence-corrected chi connectivity index (χ3v) is 3.80. The number of nitro benzene ring substituents is 2. The number of aromatic hydroxyl groups is 1. The molecular formula is C18H11N3O7. The van der Waals surface area contributed by atoms with Crippen LogP contribution in [0.25, 0.3) is 12.2 Å². The van der Waals surface area contributed by atoms with E-state index in [0.29, 0.717) is 5.56 Å². The summed E-state index contributed by atoms with van der Waals surface area (Å²) < 4.78 is 0. The predicted molar refractivity (Wildman–Crippen MR) is 98.4 cm³/mol. The summed E-state index contributed by atoms with van der Waals surface area (Å²) in [4.78, 5) is 36.9. The fraction of sp³-hybridized carbons (Fsp3) is 0. The van der Waals surface area contributed by atoms with Crippen LogP contribution in [0.3, 0.4) is 0 Å². The zero-order valence-electron chi connectivity index (χ0n) is 14.0. The fourth-order valence-corrected chi connectivity index (χ4v) is 2.40. The van der Waals surface area contributed by atoms with Crippen molar-refractivity contribution in [2.75, 3.05) is 0 Å². The second-order valence-corrected chi connectivity index (χ2v) is 5.57. The molecule has 0 amide bonds. The monoisotopic (exact) mass is 381 g/mol. The first-order valence-corrected chi connectivity index (χ1v) is 7.77. The van der Waals surface area contributed by atoms with Crippen LogP contribution in [0.4, 0.5) is 11.4 Å². The van der Waals surface area contributed by atoms with E-state index in [9.17, 15) is 30.1 Å². The van der Waals surface area contributed by atoms with Crippen molar-refractivity contribution < 1.29 is 24.6 Å². The minimum absolute atomic E-state index is 0.00559. The second kappa shape index (κ2) is 7.50. The quantitative estimate of drug-likeness (QED) is 0.362. The smallest absolute Gasteiger partial charge is 0.368 e. The van der Waals surface area contributed by atoms with Crippen molar-refractivity contribution in [2.45, 2.75) is 0 Å². The van der Waals surface area contributed by atoms with Gasteiger partial charge in [-0.1, -0.05) is 23.4 Å². The molecule has 28 heavy (non-hydrogen) atoms. The Kier molecular flexibility index (Phi) is 4.94. The molecule has 0 spiro atoms. The number of benzene rings is 2. The van der Waals surface area contributed by atoms with Gasteiger partial charge in [0.15, 0.2) is 0 Å². The van der Waals surface area contributed by atoms with Gasteiger partial charge in [0.25, 0.3) is 5.69 Å². The van der Waals surface area contributed by atoms with Gasteiger partial charge in [-0.3, -0.25) is 20.2 Å². The van der Waals surface area contributed by atoms with E-state index in [4.69, 9.17) is 0 Å². The minimum Gasteiger partial charge on any atom is -0.502 e. The van der Waals surface area contributed by atoms with Crippen molar-refractivity contribution >= 4 is 35.2 Å². The highest BCUT2D eigenvalue weighted by molar-refractivity contribution is 6.30. The molecule has 2 aromatic rings. The van der Waals surface area contributed by atoms with Gasteiger partial charge in [-0.25, -0.2) is 4.79 Å². The third kappa shape index (κ3) is 3.75. The van der Waals surface area contributed by atoms with Gasteiger partial charge >= 0.3 is 11.7 Å². The Bertz CT molecular complexity index is 1070. The zero-order valence-corrected chi connectivity index (χ0v) is 14.0. The molecule has 0 atom stereocenters. The first-order chi connectivity index (χ1) is 13.4. The molecule has 1 heterocycles. The van der Waals surface area contributed by atoms with Crippen molar-refractivity contribution in [3.05, 3.63) is 85.5 Å². The van der Waals surface area contributed by atoms with Gasteiger partial charge in [0.05, 0.1) is 15.4 Å². The normalized spacial score (nSPS) is 14.9.